The van der Waals surface area contributed by atoms with Crippen LogP contribution < -0.4 is 9.47 Å². The topological polar surface area (TPSA) is 38.7 Å². The van der Waals surface area contributed by atoms with E-state index in [2.05, 4.69) is 24.3 Å². The average molecular weight is 334 g/mol. The molecule has 0 radical (unpaired) electrons. The monoisotopic (exact) mass is 334 g/mol. The summed E-state index contributed by atoms with van der Waals surface area (Å²) in [6.07, 6.45) is 1.64. The number of rotatable bonds is 8. The van der Waals surface area contributed by atoms with Crippen molar-refractivity contribution in [3.8, 4) is 17.2 Å². The molecule has 25 heavy (non-hydrogen) atoms. The molecule has 1 N–H and O–H groups in total. The first-order chi connectivity index (χ1) is 12.3. The second kappa shape index (κ2) is 8.78. The Kier molecular flexibility index (Phi) is 5.94. The van der Waals surface area contributed by atoms with Gasteiger partial charge < -0.3 is 14.6 Å². The van der Waals surface area contributed by atoms with Gasteiger partial charge >= 0.3 is 0 Å². The summed E-state index contributed by atoms with van der Waals surface area (Å²) in [5.74, 6) is 1.38. The van der Waals surface area contributed by atoms with Gasteiger partial charge in [0.2, 0.25) is 0 Å². The standard InChI is InChI=1S/C22H22O3/c23-20-15-21(24-13-11-18-7-3-1-4-8-18)17-22(16-20)25-14-12-19-9-5-2-6-10-19/h1-10,15-17,23H,11-14H2. The summed E-state index contributed by atoms with van der Waals surface area (Å²) in [6, 6.07) is 25.4. The number of aromatic hydroxyl groups is 1. The quantitative estimate of drug-likeness (QED) is 0.652. The van der Waals surface area contributed by atoms with Crippen LogP contribution in [0.4, 0.5) is 0 Å². The van der Waals surface area contributed by atoms with Crippen LogP contribution in [0.15, 0.2) is 78.9 Å². The summed E-state index contributed by atoms with van der Waals surface area (Å²) in [5, 5.41) is 9.87. The molecule has 3 aromatic carbocycles. The fourth-order valence-electron chi connectivity index (χ4n) is 2.59. The molecule has 3 rings (SSSR count). The predicted molar refractivity (Wildman–Crippen MR) is 99.4 cm³/mol. The van der Waals surface area contributed by atoms with Crippen molar-refractivity contribution >= 4 is 0 Å². The number of ether oxygens (including phenoxy) is 2. The minimum absolute atomic E-state index is 0.145. The summed E-state index contributed by atoms with van der Waals surface area (Å²) in [5.41, 5.74) is 2.45. The maximum Gasteiger partial charge on any atom is 0.126 e. The molecule has 0 fully saturated rings. The molecule has 0 heterocycles. The van der Waals surface area contributed by atoms with Gasteiger partial charge in [-0.15, -0.1) is 0 Å². The molecule has 0 aliphatic heterocycles. The lowest BCUT2D eigenvalue weighted by Gasteiger charge is -2.11. The van der Waals surface area contributed by atoms with Gasteiger partial charge in [-0.05, 0) is 11.1 Å². The lowest BCUT2D eigenvalue weighted by atomic mass is 10.2. The van der Waals surface area contributed by atoms with Crippen molar-refractivity contribution in [1.29, 1.82) is 0 Å². The van der Waals surface area contributed by atoms with Crippen molar-refractivity contribution in [3.05, 3.63) is 90.0 Å². The van der Waals surface area contributed by atoms with E-state index in [-0.39, 0.29) is 5.75 Å². The molecule has 128 valence electrons. The number of phenolic OH excluding ortho intramolecular Hbond substituents is 1. The molecule has 0 atom stereocenters. The van der Waals surface area contributed by atoms with Gasteiger partial charge in [0, 0.05) is 31.0 Å². The van der Waals surface area contributed by atoms with Crippen LogP contribution in [0.5, 0.6) is 17.2 Å². The Morgan fingerprint density at radius 1 is 0.600 bits per heavy atom. The number of phenols is 1. The van der Waals surface area contributed by atoms with Gasteiger partial charge in [0.25, 0.3) is 0 Å². The van der Waals surface area contributed by atoms with Gasteiger partial charge in [0.15, 0.2) is 0 Å². The zero-order chi connectivity index (χ0) is 17.3. The normalized spacial score (nSPS) is 10.4. The van der Waals surface area contributed by atoms with Crippen LogP contribution in [0.25, 0.3) is 0 Å². The molecule has 0 amide bonds. The highest BCUT2D eigenvalue weighted by Gasteiger charge is 2.03. The van der Waals surface area contributed by atoms with E-state index in [4.69, 9.17) is 9.47 Å². The second-order valence-electron chi connectivity index (χ2n) is 5.83. The summed E-state index contributed by atoms with van der Waals surface area (Å²) in [6.45, 7) is 1.11. The van der Waals surface area contributed by atoms with Crippen molar-refractivity contribution < 1.29 is 14.6 Å². The smallest absolute Gasteiger partial charge is 0.126 e. The molecule has 0 saturated carbocycles. The van der Waals surface area contributed by atoms with Crippen LogP contribution >= 0.6 is 0 Å². The largest absolute Gasteiger partial charge is 0.508 e. The molecule has 3 aromatic rings. The van der Waals surface area contributed by atoms with Gasteiger partial charge in [0.1, 0.15) is 17.2 Å². The van der Waals surface area contributed by atoms with Crippen LogP contribution in [0.3, 0.4) is 0 Å². The predicted octanol–water partition coefficient (Wildman–Crippen LogP) is 4.64. The van der Waals surface area contributed by atoms with Gasteiger partial charge in [-0.3, -0.25) is 0 Å². The Hall–Kier alpha value is -2.94. The molecule has 0 bridgehead atoms. The van der Waals surface area contributed by atoms with E-state index < -0.39 is 0 Å². The van der Waals surface area contributed by atoms with E-state index in [0.29, 0.717) is 24.7 Å². The molecule has 3 heteroatoms. The van der Waals surface area contributed by atoms with Gasteiger partial charge in [-0.2, -0.15) is 0 Å². The van der Waals surface area contributed by atoms with Crippen molar-refractivity contribution in [2.24, 2.45) is 0 Å². The maximum absolute atomic E-state index is 9.87. The Morgan fingerprint density at radius 2 is 1.04 bits per heavy atom. The molecule has 0 unspecified atom stereocenters. The van der Waals surface area contributed by atoms with E-state index in [1.165, 1.54) is 11.1 Å². The summed E-state index contributed by atoms with van der Waals surface area (Å²) >= 11 is 0. The minimum atomic E-state index is 0.145. The zero-order valence-corrected chi connectivity index (χ0v) is 14.1. The first kappa shape index (κ1) is 16.9. The van der Waals surface area contributed by atoms with Crippen LogP contribution in [-0.4, -0.2) is 18.3 Å². The molecule has 0 spiro atoms. The van der Waals surface area contributed by atoms with Gasteiger partial charge in [-0.25, -0.2) is 0 Å². The third-order valence-corrected chi connectivity index (χ3v) is 3.87. The summed E-state index contributed by atoms with van der Waals surface area (Å²) < 4.78 is 11.5. The molecule has 0 aliphatic rings. The molecule has 0 aromatic heterocycles. The molecular weight excluding hydrogens is 312 g/mol. The van der Waals surface area contributed by atoms with E-state index in [1.54, 1.807) is 12.1 Å². The van der Waals surface area contributed by atoms with E-state index >= 15 is 0 Å². The number of hydrogen-bond donors (Lipinski definition) is 1. The second-order valence-corrected chi connectivity index (χ2v) is 5.83. The Bertz CT molecular complexity index is 706. The van der Waals surface area contributed by atoms with Gasteiger partial charge in [0.05, 0.1) is 13.2 Å². The lowest BCUT2D eigenvalue weighted by Crippen LogP contribution is -2.03. The number of hydrogen-bond acceptors (Lipinski definition) is 3. The molecule has 0 aliphatic carbocycles. The molecular formula is C22H22O3. The fourth-order valence-corrected chi connectivity index (χ4v) is 2.59. The fraction of sp³-hybridized carbons (Fsp3) is 0.182. The van der Waals surface area contributed by atoms with E-state index in [1.807, 2.05) is 42.5 Å². The third kappa shape index (κ3) is 5.57. The van der Waals surface area contributed by atoms with Crippen molar-refractivity contribution in [3.63, 3.8) is 0 Å². The summed E-state index contributed by atoms with van der Waals surface area (Å²) in [7, 11) is 0. The highest BCUT2D eigenvalue weighted by atomic mass is 16.5. The van der Waals surface area contributed by atoms with Crippen molar-refractivity contribution in [2.45, 2.75) is 12.8 Å². The zero-order valence-electron chi connectivity index (χ0n) is 14.1. The Morgan fingerprint density at radius 3 is 1.48 bits per heavy atom. The first-order valence-electron chi connectivity index (χ1n) is 8.47. The van der Waals surface area contributed by atoms with Crippen LogP contribution in [0.2, 0.25) is 0 Å². The SMILES string of the molecule is Oc1cc(OCCc2ccccc2)cc(OCCc2ccccc2)c1. The van der Waals surface area contributed by atoms with Gasteiger partial charge in [-0.1, -0.05) is 60.7 Å². The maximum atomic E-state index is 9.87. The highest BCUT2D eigenvalue weighted by molar-refractivity contribution is 5.41. The highest BCUT2D eigenvalue weighted by Crippen LogP contribution is 2.27. The average Bonchev–Trinajstić information content (AvgIpc) is 2.63. The van der Waals surface area contributed by atoms with Crippen molar-refractivity contribution in [2.75, 3.05) is 13.2 Å². The van der Waals surface area contributed by atoms with Crippen LogP contribution in [-0.2, 0) is 12.8 Å². The molecule has 3 nitrogen and oxygen atoms in total. The first-order valence-corrected chi connectivity index (χ1v) is 8.47. The Balaban J connectivity index is 1.51. The number of benzene rings is 3. The van der Waals surface area contributed by atoms with Crippen LogP contribution in [0, 0.1) is 0 Å². The Labute approximate surface area is 148 Å². The minimum Gasteiger partial charge on any atom is -0.508 e. The van der Waals surface area contributed by atoms with E-state index in [0.717, 1.165) is 12.8 Å². The van der Waals surface area contributed by atoms with E-state index in [9.17, 15) is 5.11 Å². The summed E-state index contributed by atoms with van der Waals surface area (Å²) in [4.78, 5) is 0. The van der Waals surface area contributed by atoms with Crippen molar-refractivity contribution in [1.82, 2.24) is 0 Å². The van der Waals surface area contributed by atoms with Crippen LogP contribution in [0.1, 0.15) is 11.1 Å². The lowest BCUT2D eigenvalue weighted by molar-refractivity contribution is 0.302. The molecule has 0 saturated heterocycles. The third-order valence-electron chi connectivity index (χ3n) is 3.87.